The van der Waals surface area contributed by atoms with Gasteiger partial charge in [-0.1, -0.05) is 6.07 Å². The maximum Gasteiger partial charge on any atom is 0.123 e. The van der Waals surface area contributed by atoms with E-state index in [1.165, 1.54) is 17.0 Å². The van der Waals surface area contributed by atoms with Crippen molar-refractivity contribution in [2.45, 2.75) is 19.5 Å². The molecule has 1 aromatic carbocycles. The lowest BCUT2D eigenvalue weighted by atomic mass is 10.1. The number of rotatable bonds is 4. The maximum atomic E-state index is 13.2. The molecule has 2 aromatic rings. The number of anilines is 1. The normalized spacial score (nSPS) is 12.4. The molecule has 0 saturated carbocycles. The average Bonchev–Trinajstić information content (AvgIpc) is 2.90. The molecule has 18 heavy (non-hydrogen) atoms. The van der Waals surface area contributed by atoms with E-state index in [-0.39, 0.29) is 11.9 Å². The molecule has 0 aliphatic rings. The third-order valence-corrected chi connectivity index (χ3v) is 4.22. The summed E-state index contributed by atoms with van der Waals surface area (Å²) in [5.41, 5.74) is 7.51. The second kappa shape index (κ2) is 5.50. The molecule has 0 aliphatic carbocycles. The van der Waals surface area contributed by atoms with Gasteiger partial charge in [0.2, 0.25) is 0 Å². The van der Waals surface area contributed by atoms with Gasteiger partial charge in [0, 0.05) is 24.2 Å². The van der Waals surface area contributed by atoms with Crippen LogP contribution in [0.3, 0.4) is 0 Å². The Morgan fingerprint density at radius 2 is 2.17 bits per heavy atom. The van der Waals surface area contributed by atoms with Gasteiger partial charge in [0.15, 0.2) is 0 Å². The van der Waals surface area contributed by atoms with Crippen molar-refractivity contribution in [1.29, 1.82) is 0 Å². The van der Waals surface area contributed by atoms with Crippen molar-refractivity contribution in [3.05, 3.63) is 52.0 Å². The molecule has 0 spiro atoms. The van der Waals surface area contributed by atoms with Crippen LogP contribution >= 0.6 is 11.3 Å². The van der Waals surface area contributed by atoms with Gasteiger partial charge in [0.05, 0.1) is 6.04 Å². The second-order valence-corrected chi connectivity index (χ2v) is 5.26. The SMILES string of the molecule is CC(c1cccs1)N(C)c1ccc(F)cc1CN. The molecule has 4 heteroatoms. The van der Waals surface area contributed by atoms with Crippen LogP contribution in [0.5, 0.6) is 0 Å². The molecule has 1 atom stereocenters. The zero-order valence-electron chi connectivity index (χ0n) is 10.6. The quantitative estimate of drug-likeness (QED) is 0.915. The minimum Gasteiger partial charge on any atom is -0.367 e. The van der Waals surface area contributed by atoms with Gasteiger partial charge in [-0.3, -0.25) is 0 Å². The minimum atomic E-state index is -0.239. The van der Waals surface area contributed by atoms with Gasteiger partial charge in [-0.25, -0.2) is 4.39 Å². The van der Waals surface area contributed by atoms with Gasteiger partial charge in [-0.05, 0) is 42.1 Å². The standard InChI is InChI=1S/C14H17FN2S/c1-10(14-4-3-7-18-14)17(2)13-6-5-12(15)8-11(13)9-16/h3-8,10H,9,16H2,1-2H3. The second-order valence-electron chi connectivity index (χ2n) is 4.28. The van der Waals surface area contributed by atoms with Crippen molar-refractivity contribution < 1.29 is 4.39 Å². The molecule has 0 radical (unpaired) electrons. The van der Waals surface area contributed by atoms with Crippen LogP contribution in [0.1, 0.15) is 23.4 Å². The number of thiophene rings is 1. The summed E-state index contributed by atoms with van der Waals surface area (Å²) in [5, 5.41) is 2.06. The number of nitrogens with two attached hydrogens (primary N) is 1. The van der Waals surface area contributed by atoms with E-state index in [1.54, 1.807) is 17.4 Å². The molecule has 0 fully saturated rings. The largest absolute Gasteiger partial charge is 0.367 e. The Morgan fingerprint density at radius 3 is 2.78 bits per heavy atom. The van der Waals surface area contributed by atoms with Crippen molar-refractivity contribution in [1.82, 2.24) is 0 Å². The van der Waals surface area contributed by atoms with Crippen LogP contribution in [0.25, 0.3) is 0 Å². The summed E-state index contributed by atoms with van der Waals surface area (Å²) in [6.07, 6.45) is 0. The Bertz CT molecular complexity index is 511. The summed E-state index contributed by atoms with van der Waals surface area (Å²) in [6.45, 7) is 2.48. The molecule has 1 unspecified atom stereocenters. The van der Waals surface area contributed by atoms with E-state index in [2.05, 4.69) is 23.3 Å². The summed E-state index contributed by atoms with van der Waals surface area (Å²) in [5.74, 6) is -0.239. The van der Waals surface area contributed by atoms with E-state index in [4.69, 9.17) is 5.73 Å². The van der Waals surface area contributed by atoms with Gasteiger partial charge in [-0.15, -0.1) is 11.3 Å². The highest BCUT2D eigenvalue weighted by molar-refractivity contribution is 7.10. The summed E-state index contributed by atoms with van der Waals surface area (Å²) < 4.78 is 13.2. The predicted octanol–water partition coefficient (Wildman–Crippen LogP) is 3.54. The zero-order valence-corrected chi connectivity index (χ0v) is 11.4. The Hall–Kier alpha value is -1.39. The lowest BCUT2D eigenvalue weighted by Gasteiger charge is -2.28. The van der Waals surface area contributed by atoms with Crippen LogP contribution in [0.2, 0.25) is 0 Å². The van der Waals surface area contributed by atoms with Crippen molar-refractivity contribution in [2.75, 3.05) is 11.9 Å². The molecule has 1 aromatic heterocycles. The maximum absolute atomic E-state index is 13.2. The first kappa shape index (κ1) is 13.1. The number of hydrogen-bond acceptors (Lipinski definition) is 3. The van der Waals surface area contributed by atoms with E-state index in [0.29, 0.717) is 6.54 Å². The highest BCUT2D eigenvalue weighted by Crippen LogP contribution is 2.30. The van der Waals surface area contributed by atoms with Crippen LogP contribution < -0.4 is 10.6 Å². The van der Waals surface area contributed by atoms with Crippen LogP contribution in [0, 0.1) is 5.82 Å². The topological polar surface area (TPSA) is 29.3 Å². The fourth-order valence-electron chi connectivity index (χ4n) is 1.99. The molecule has 2 nitrogen and oxygen atoms in total. The highest BCUT2D eigenvalue weighted by atomic mass is 32.1. The number of benzene rings is 1. The van der Waals surface area contributed by atoms with Crippen LogP contribution in [-0.4, -0.2) is 7.05 Å². The van der Waals surface area contributed by atoms with E-state index < -0.39 is 0 Å². The molecule has 0 saturated heterocycles. The third kappa shape index (κ3) is 2.54. The van der Waals surface area contributed by atoms with Crippen molar-refractivity contribution in [3.8, 4) is 0 Å². The van der Waals surface area contributed by atoms with Gasteiger partial charge in [0.1, 0.15) is 5.82 Å². The van der Waals surface area contributed by atoms with E-state index >= 15 is 0 Å². The molecule has 2 rings (SSSR count). The number of nitrogens with zero attached hydrogens (tertiary/aromatic N) is 1. The van der Waals surface area contributed by atoms with Crippen molar-refractivity contribution in [2.24, 2.45) is 5.73 Å². The summed E-state index contributed by atoms with van der Waals surface area (Å²) in [6, 6.07) is 9.18. The van der Waals surface area contributed by atoms with Crippen LogP contribution in [0.15, 0.2) is 35.7 Å². The molecular formula is C14H17FN2S. The minimum absolute atomic E-state index is 0.239. The summed E-state index contributed by atoms with van der Waals surface area (Å²) in [4.78, 5) is 3.41. The Labute approximate surface area is 111 Å². The lowest BCUT2D eigenvalue weighted by molar-refractivity contribution is 0.624. The summed E-state index contributed by atoms with van der Waals surface area (Å²) in [7, 11) is 2.01. The van der Waals surface area contributed by atoms with Gasteiger partial charge < -0.3 is 10.6 Å². The first-order valence-electron chi connectivity index (χ1n) is 5.88. The van der Waals surface area contributed by atoms with Gasteiger partial charge >= 0.3 is 0 Å². The Balaban J connectivity index is 2.31. The number of hydrogen-bond donors (Lipinski definition) is 1. The Morgan fingerprint density at radius 1 is 1.39 bits per heavy atom. The molecule has 1 heterocycles. The molecule has 0 aliphatic heterocycles. The van der Waals surface area contributed by atoms with E-state index in [0.717, 1.165) is 11.3 Å². The van der Waals surface area contributed by atoms with E-state index in [1.807, 2.05) is 13.1 Å². The highest BCUT2D eigenvalue weighted by Gasteiger charge is 2.15. The molecule has 0 bridgehead atoms. The van der Waals surface area contributed by atoms with Crippen molar-refractivity contribution in [3.63, 3.8) is 0 Å². The fourth-order valence-corrected chi connectivity index (χ4v) is 2.82. The first-order valence-corrected chi connectivity index (χ1v) is 6.76. The molecule has 2 N–H and O–H groups in total. The molecular weight excluding hydrogens is 247 g/mol. The first-order chi connectivity index (χ1) is 8.63. The monoisotopic (exact) mass is 264 g/mol. The molecule has 96 valence electrons. The number of halogens is 1. The van der Waals surface area contributed by atoms with E-state index in [9.17, 15) is 4.39 Å². The Kier molecular flexibility index (Phi) is 3.99. The van der Waals surface area contributed by atoms with Crippen molar-refractivity contribution >= 4 is 17.0 Å². The zero-order chi connectivity index (χ0) is 13.1. The lowest BCUT2D eigenvalue weighted by Crippen LogP contribution is -2.22. The molecule has 0 amide bonds. The fraction of sp³-hybridized carbons (Fsp3) is 0.286. The summed E-state index contributed by atoms with van der Waals surface area (Å²) >= 11 is 1.72. The predicted molar refractivity (Wildman–Crippen MR) is 75.4 cm³/mol. The smallest absolute Gasteiger partial charge is 0.123 e. The van der Waals surface area contributed by atoms with Crippen LogP contribution in [-0.2, 0) is 6.54 Å². The van der Waals surface area contributed by atoms with Crippen LogP contribution in [0.4, 0.5) is 10.1 Å². The average molecular weight is 264 g/mol. The van der Waals surface area contributed by atoms with Gasteiger partial charge in [-0.2, -0.15) is 0 Å². The third-order valence-electron chi connectivity index (χ3n) is 3.18. The van der Waals surface area contributed by atoms with Gasteiger partial charge in [0.25, 0.3) is 0 Å².